The van der Waals surface area contributed by atoms with E-state index in [9.17, 15) is 9.59 Å². The van der Waals surface area contributed by atoms with Crippen LogP contribution in [-0.2, 0) is 18.4 Å². The highest BCUT2D eigenvalue weighted by atomic mass is 28.4. The zero-order valence-corrected chi connectivity index (χ0v) is 21.3. The SMILES string of the molecule is CCC[Si](CCC)(CCC)OC(=O)C=CC(=O)O[Si](CCC)(CCC)CCC. The van der Waals surface area contributed by atoms with E-state index in [1.165, 1.54) is 12.2 Å². The molecule has 0 aliphatic rings. The van der Waals surface area contributed by atoms with Crippen molar-refractivity contribution in [1.82, 2.24) is 0 Å². The molecule has 4 nitrogen and oxygen atoms in total. The van der Waals surface area contributed by atoms with E-state index in [0.29, 0.717) is 0 Å². The molecule has 0 aromatic carbocycles. The summed E-state index contributed by atoms with van der Waals surface area (Å²) in [4.78, 5) is 24.9. The number of carbonyl (C=O) groups excluding carboxylic acids is 2. The van der Waals surface area contributed by atoms with Gasteiger partial charge in [0.25, 0.3) is 16.6 Å². The Balaban J connectivity index is 5.11. The molecule has 0 saturated carbocycles. The smallest absolute Gasteiger partial charge is 0.317 e. The first-order chi connectivity index (χ1) is 13.4. The van der Waals surface area contributed by atoms with Crippen molar-refractivity contribution in [3.63, 3.8) is 0 Å². The van der Waals surface area contributed by atoms with Crippen molar-refractivity contribution in [3.05, 3.63) is 12.2 Å². The highest BCUT2D eigenvalue weighted by molar-refractivity contribution is 6.75. The van der Waals surface area contributed by atoms with E-state index >= 15 is 0 Å². The second-order valence-corrected chi connectivity index (χ2v) is 16.2. The van der Waals surface area contributed by atoms with Crippen molar-refractivity contribution in [2.75, 3.05) is 0 Å². The Morgan fingerprint density at radius 3 is 0.929 bits per heavy atom. The van der Waals surface area contributed by atoms with Gasteiger partial charge in [-0.25, -0.2) is 9.59 Å². The van der Waals surface area contributed by atoms with Crippen LogP contribution in [0.2, 0.25) is 36.3 Å². The second-order valence-electron chi connectivity index (χ2n) is 8.04. The molecule has 0 aromatic heterocycles. The van der Waals surface area contributed by atoms with E-state index in [1.807, 2.05) is 0 Å². The molecule has 0 fully saturated rings. The molecule has 0 spiro atoms. The van der Waals surface area contributed by atoms with E-state index in [4.69, 9.17) is 8.85 Å². The lowest BCUT2D eigenvalue weighted by atomic mass is 10.5. The Morgan fingerprint density at radius 2 is 0.750 bits per heavy atom. The quantitative estimate of drug-likeness (QED) is 0.196. The molecule has 0 radical (unpaired) electrons. The molecular formula is C22H44O4Si2. The largest absolute Gasteiger partial charge is 0.516 e. The summed E-state index contributed by atoms with van der Waals surface area (Å²) in [6.45, 7) is 12.9. The lowest BCUT2D eigenvalue weighted by Gasteiger charge is -2.30. The molecule has 28 heavy (non-hydrogen) atoms. The van der Waals surface area contributed by atoms with Crippen LogP contribution in [0.15, 0.2) is 12.2 Å². The molecule has 0 amide bonds. The Bertz CT molecular complexity index is 401. The van der Waals surface area contributed by atoms with Gasteiger partial charge in [-0.15, -0.1) is 0 Å². The van der Waals surface area contributed by atoms with Gasteiger partial charge in [-0.3, -0.25) is 0 Å². The second kappa shape index (κ2) is 15.0. The molecule has 0 rings (SSSR count). The van der Waals surface area contributed by atoms with Gasteiger partial charge in [0.1, 0.15) is 0 Å². The minimum absolute atomic E-state index is 0.368. The lowest BCUT2D eigenvalue weighted by molar-refractivity contribution is -0.132. The van der Waals surface area contributed by atoms with Crippen LogP contribution in [0.4, 0.5) is 0 Å². The van der Waals surface area contributed by atoms with E-state index in [2.05, 4.69) is 41.5 Å². The van der Waals surface area contributed by atoms with Gasteiger partial charge in [0.05, 0.1) is 0 Å². The molecule has 0 saturated heterocycles. The maximum Gasteiger partial charge on any atom is 0.317 e. The monoisotopic (exact) mass is 428 g/mol. The lowest BCUT2D eigenvalue weighted by Crippen LogP contribution is -2.40. The number of hydrogen-bond acceptors (Lipinski definition) is 4. The van der Waals surface area contributed by atoms with Crippen LogP contribution in [0.5, 0.6) is 0 Å². The van der Waals surface area contributed by atoms with Crippen LogP contribution in [0.3, 0.4) is 0 Å². The molecule has 6 heteroatoms. The molecule has 0 N–H and O–H groups in total. The van der Waals surface area contributed by atoms with Crippen molar-refractivity contribution in [2.24, 2.45) is 0 Å². The standard InChI is InChI=1S/C22H44O4Si2/c1-7-15-27(16-8-2,17-9-3)25-21(23)13-14-22(24)26-28(18-10-4,19-11-5)20-12-6/h13-14H,7-12,15-20H2,1-6H3. The molecule has 0 unspecified atom stereocenters. The van der Waals surface area contributed by atoms with Crippen LogP contribution in [0.1, 0.15) is 80.1 Å². The third-order valence-electron chi connectivity index (χ3n) is 5.22. The van der Waals surface area contributed by atoms with Gasteiger partial charge < -0.3 is 8.85 Å². The number of hydrogen-bond donors (Lipinski definition) is 0. The van der Waals surface area contributed by atoms with E-state index in [0.717, 1.165) is 74.8 Å². The summed E-state index contributed by atoms with van der Waals surface area (Å²) in [6, 6.07) is 5.99. The van der Waals surface area contributed by atoms with Crippen molar-refractivity contribution < 1.29 is 18.4 Å². The van der Waals surface area contributed by atoms with Crippen LogP contribution in [0, 0.1) is 0 Å². The van der Waals surface area contributed by atoms with Gasteiger partial charge in [0.15, 0.2) is 0 Å². The van der Waals surface area contributed by atoms with Gasteiger partial charge in [0, 0.05) is 12.2 Å². The van der Waals surface area contributed by atoms with E-state index in [-0.39, 0.29) is 11.9 Å². The Kier molecular flexibility index (Phi) is 14.5. The fourth-order valence-electron chi connectivity index (χ4n) is 4.42. The molecule has 0 aliphatic heterocycles. The first-order valence-corrected chi connectivity index (χ1v) is 16.6. The zero-order valence-electron chi connectivity index (χ0n) is 19.3. The van der Waals surface area contributed by atoms with Crippen LogP contribution >= 0.6 is 0 Å². The summed E-state index contributed by atoms with van der Waals surface area (Å²) < 4.78 is 12.0. The Hall–Kier alpha value is -0.886. The van der Waals surface area contributed by atoms with Crippen molar-refractivity contribution in [3.8, 4) is 0 Å². The van der Waals surface area contributed by atoms with Crippen LogP contribution < -0.4 is 0 Å². The van der Waals surface area contributed by atoms with Crippen LogP contribution in [0.25, 0.3) is 0 Å². The average Bonchev–Trinajstić information content (AvgIpc) is 2.61. The topological polar surface area (TPSA) is 52.6 Å². The predicted octanol–water partition coefficient (Wildman–Crippen LogP) is 6.98. The predicted molar refractivity (Wildman–Crippen MR) is 123 cm³/mol. The van der Waals surface area contributed by atoms with E-state index in [1.54, 1.807) is 0 Å². The number of carbonyl (C=O) groups is 2. The highest BCUT2D eigenvalue weighted by Crippen LogP contribution is 2.29. The summed E-state index contributed by atoms with van der Waals surface area (Å²) >= 11 is 0. The summed E-state index contributed by atoms with van der Waals surface area (Å²) in [5.74, 6) is -0.736. The van der Waals surface area contributed by atoms with Gasteiger partial charge >= 0.3 is 11.9 Å². The van der Waals surface area contributed by atoms with Crippen molar-refractivity contribution in [2.45, 2.75) is 116 Å². The minimum atomic E-state index is -2.06. The zero-order chi connectivity index (χ0) is 21.5. The fraction of sp³-hybridized carbons (Fsp3) is 0.818. The fourth-order valence-corrected chi connectivity index (χ4v) is 13.0. The molecule has 0 heterocycles. The Labute approximate surface area is 175 Å². The maximum absolute atomic E-state index is 12.5. The van der Waals surface area contributed by atoms with Gasteiger partial charge in [-0.1, -0.05) is 80.1 Å². The minimum Gasteiger partial charge on any atom is -0.516 e. The van der Waals surface area contributed by atoms with Gasteiger partial charge in [-0.2, -0.15) is 0 Å². The molecule has 164 valence electrons. The molecule has 0 bridgehead atoms. The van der Waals surface area contributed by atoms with Gasteiger partial charge in [0.2, 0.25) is 0 Å². The molecule has 0 atom stereocenters. The first-order valence-electron chi connectivity index (χ1n) is 11.5. The average molecular weight is 429 g/mol. The van der Waals surface area contributed by atoms with Crippen molar-refractivity contribution in [1.29, 1.82) is 0 Å². The summed E-state index contributed by atoms with van der Waals surface area (Å²) in [5, 5.41) is 0. The van der Waals surface area contributed by atoms with E-state index < -0.39 is 16.6 Å². The summed E-state index contributed by atoms with van der Waals surface area (Å²) in [5.41, 5.74) is 0. The van der Waals surface area contributed by atoms with Crippen molar-refractivity contribution >= 4 is 28.6 Å². The number of rotatable bonds is 16. The van der Waals surface area contributed by atoms with Gasteiger partial charge in [-0.05, 0) is 36.3 Å². The Morgan fingerprint density at radius 1 is 0.536 bits per heavy atom. The molecular weight excluding hydrogens is 384 g/mol. The third-order valence-corrected chi connectivity index (χ3v) is 15.0. The normalized spacial score (nSPS) is 12.4. The summed E-state index contributed by atoms with van der Waals surface area (Å²) in [6.07, 6.45) is 8.79. The maximum atomic E-state index is 12.5. The third kappa shape index (κ3) is 10.1. The van der Waals surface area contributed by atoms with Crippen LogP contribution in [-0.4, -0.2) is 28.6 Å². The molecule has 0 aromatic rings. The molecule has 0 aliphatic carbocycles. The first kappa shape index (κ1) is 27.1. The summed E-state index contributed by atoms with van der Waals surface area (Å²) in [7, 11) is -4.12. The highest BCUT2D eigenvalue weighted by Gasteiger charge is 2.36.